The molecule has 1 saturated heterocycles. The van der Waals surface area contributed by atoms with Crippen molar-refractivity contribution in [3.8, 4) is 0 Å². The van der Waals surface area contributed by atoms with Gasteiger partial charge < -0.3 is 15.5 Å². The molecule has 3 rings (SSSR count). The van der Waals surface area contributed by atoms with Crippen molar-refractivity contribution >= 4 is 40.6 Å². The average molecular weight is 383 g/mol. The Bertz CT molecular complexity index is 772. The third-order valence-electron chi connectivity index (χ3n) is 3.91. The van der Waals surface area contributed by atoms with Gasteiger partial charge in [-0.2, -0.15) is 0 Å². The number of amides is 3. The van der Waals surface area contributed by atoms with Crippen molar-refractivity contribution in [2.75, 3.05) is 11.9 Å². The van der Waals surface area contributed by atoms with E-state index < -0.39 is 17.9 Å². The lowest BCUT2D eigenvalue weighted by molar-refractivity contribution is -0.124. The molecule has 0 bridgehead atoms. The smallest absolute Gasteiger partial charge is 0.322 e. The van der Waals surface area contributed by atoms with Crippen LogP contribution in [0, 0.1) is 5.82 Å². The van der Waals surface area contributed by atoms with Gasteiger partial charge in [0.1, 0.15) is 11.9 Å². The number of aromatic nitrogens is 1. The van der Waals surface area contributed by atoms with Crippen LogP contribution in [0.1, 0.15) is 18.5 Å². The maximum absolute atomic E-state index is 13.2. The lowest BCUT2D eigenvalue weighted by Crippen LogP contribution is -2.47. The molecule has 1 aromatic carbocycles. The van der Waals surface area contributed by atoms with Gasteiger partial charge >= 0.3 is 6.03 Å². The van der Waals surface area contributed by atoms with Crippen molar-refractivity contribution in [2.24, 2.45) is 0 Å². The van der Waals surface area contributed by atoms with Crippen LogP contribution in [0.15, 0.2) is 29.1 Å². The summed E-state index contributed by atoms with van der Waals surface area (Å²) in [4.78, 5) is 30.4. The highest BCUT2D eigenvalue weighted by Gasteiger charge is 2.34. The van der Waals surface area contributed by atoms with Crippen molar-refractivity contribution in [3.63, 3.8) is 0 Å². The molecule has 25 heavy (non-hydrogen) atoms. The summed E-state index contributed by atoms with van der Waals surface area (Å²) in [5, 5.41) is 7.24. The Hall–Kier alpha value is -2.19. The summed E-state index contributed by atoms with van der Waals surface area (Å²) in [6, 6.07) is 3.00. The van der Waals surface area contributed by atoms with E-state index in [1.54, 1.807) is 5.51 Å². The van der Waals surface area contributed by atoms with Crippen LogP contribution in [0.25, 0.3) is 0 Å². The molecule has 2 heterocycles. The van der Waals surface area contributed by atoms with Gasteiger partial charge in [0.05, 0.1) is 22.8 Å². The van der Waals surface area contributed by atoms with E-state index in [9.17, 15) is 14.0 Å². The number of carbonyl (C=O) groups excluding carboxylic acids is 2. The number of carbonyl (C=O) groups is 2. The highest BCUT2D eigenvalue weighted by molar-refractivity contribution is 7.07. The number of rotatable bonds is 4. The lowest BCUT2D eigenvalue weighted by atomic mass is 10.2. The van der Waals surface area contributed by atoms with Crippen molar-refractivity contribution in [1.29, 1.82) is 0 Å². The summed E-state index contributed by atoms with van der Waals surface area (Å²) in [6.07, 6.45) is 1.34. The van der Waals surface area contributed by atoms with Gasteiger partial charge in [-0.3, -0.25) is 4.79 Å². The molecule has 1 unspecified atom stereocenters. The topological polar surface area (TPSA) is 74.3 Å². The minimum Gasteiger partial charge on any atom is -0.349 e. The first-order valence-corrected chi connectivity index (χ1v) is 9.04. The van der Waals surface area contributed by atoms with E-state index in [1.165, 1.54) is 34.4 Å². The maximum atomic E-state index is 13.2. The summed E-state index contributed by atoms with van der Waals surface area (Å²) in [6.45, 7) is 0.817. The monoisotopic (exact) mass is 382 g/mol. The first-order valence-electron chi connectivity index (χ1n) is 7.72. The number of benzene rings is 1. The molecular weight excluding hydrogens is 367 g/mol. The van der Waals surface area contributed by atoms with Gasteiger partial charge in [0, 0.05) is 17.6 Å². The predicted molar refractivity (Wildman–Crippen MR) is 94.1 cm³/mol. The van der Waals surface area contributed by atoms with Gasteiger partial charge in [-0.25, -0.2) is 14.2 Å². The second-order valence-corrected chi connectivity index (χ2v) is 6.73. The van der Waals surface area contributed by atoms with E-state index in [4.69, 9.17) is 11.6 Å². The van der Waals surface area contributed by atoms with Crippen molar-refractivity contribution in [3.05, 3.63) is 45.6 Å². The van der Waals surface area contributed by atoms with Crippen molar-refractivity contribution < 1.29 is 14.0 Å². The van der Waals surface area contributed by atoms with E-state index >= 15 is 0 Å². The fraction of sp³-hybridized carbons (Fsp3) is 0.312. The molecule has 1 aliphatic rings. The molecule has 0 aliphatic carbocycles. The molecule has 2 N–H and O–H groups in total. The zero-order chi connectivity index (χ0) is 17.8. The highest BCUT2D eigenvalue weighted by atomic mass is 35.5. The third-order valence-corrected chi connectivity index (χ3v) is 4.84. The molecule has 132 valence electrons. The van der Waals surface area contributed by atoms with E-state index in [0.717, 1.165) is 12.1 Å². The fourth-order valence-corrected chi connectivity index (χ4v) is 3.41. The number of anilines is 1. The Morgan fingerprint density at radius 2 is 2.28 bits per heavy atom. The van der Waals surface area contributed by atoms with E-state index in [1.807, 2.05) is 5.38 Å². The molecular formula is C16H16ClFN4O2S. The van der Waals surface area contributed by atoms with Gasteiger partial charge in [-0.15, -0.1) is 11.3 Å². The normalized spacial score (nSPS) is 16.7. The predicted octanol–water partition coefficient (Wildman–Crippen LogP) is 3.25. The van der Waals surface area contributed by atoms with Crippen LogP contribution in [0.3, 0.4) is 0 Å². The molecule has 3 amide bonds. The molecule has 0 spiro atoms. The lowest BCUT2D eigenvalue weighted by Gasteiger charge is -2.24. The van der Waals surface area contributed by atoms with Gasteiger partial charge in [0.2, 0.25) is 5.91 Å². The second kappa shape index (κ2) is 7.79. The molecule has 1 atom stereocenters. The zero-order valence-electron chi connectivity index (χ0n) is 13.2. The summed E-state index contributed by atoms with van der Waals surface area (Å²) in [7, 11) is 0. The number of hydrogen-bond donors (Lipinski definition) is 2. The van der Waals surface area contributed by atoms with E-state index in [-0.39, 0.29) is 10.9 Å². The molecule has 6 nitrogen and oxygen atoms in total. The second-order valence-electron chi connectivity index (χ2n) is 5.61. The average Bonchev–Trinajstić information content (AvgIpc) is 3.27. The van der Waals surface area contributed by atoms with Gasteiger partial charge in [0.15, 0.2) is 0 Å². The zero-order valence-corrected chi connectivity index (χ0v) is 14.7. The molecule has 0 radical (unpaired) electrons. The molecule has 1 fully saturated rings. The van der Waals surface area contributed by atoms with Crippen LogP contribution in [-0.2, 0) is 11.3 Å². The van der Waals surface area contributed by atoms with Crippen LogP contribution < -0.4 is 10.6 Å². The van der Waals surface area contributed by atoms with Crippen LogP contribution in [0.5, 0.6) is 0 Å². The standard InChI is InChI=1S/C16H16ClFN4O2S/c17-12-6-10(3-4-13(12)18)21-16(24)22-5-1-2-14(22)15(23)19-7-11-8-25-9-20-11/h3-4,6,8-9,14H,1-2,5,7H2,(H,19,23)(H,21,24). The number of thiazole rings is 1. The SMILES string of the molecule is O=C(NCc1cscn1)C1CCCN1C(=O)Nc1ccc(F)c(Cl)c1. The Morgan fingerprint density at radius 1 is 1.44 bits per heavy atom. The van der Waals surface area contributed by atoms with Crippen LogP contribution in [0.4, 0.5) is 14.9 Å². The molecule has 9 heteroatoms. The van der Waals surface area contributed by atoms with Gasteiger partial charge in [-0.05, 0) is 31.0 Å². The quantitative estimate of drug-likeness (QED) is 0.852. The number of halogens is 2. The molecule has 2 aromatic rings. The van der Waals surface area contributed by atoms with Crippen LogP contribution in [0.2, 0.25) is 5.02 Å². The summed E-state index contributed by atoms with van der Waals surface area (Å²) in [5.41, 5.74) is 2.86. The Morgan fingerprint density at radius 3 is 3.00 bits per heavy atom. The molecule has 0 saturated carbocycles. The maximum Gasteiger partial charge on any atom is 0.322 e. The largest absolute Gasteiger partial charge is 0.349 e. The van der Waals surface area contributed by atoms with Crippen LogP contribution in [-0.4, -0.2) is 34.4 Å². The number of nitrogens with one attached hydrogen (secondary N) is 2. The summed E-state index contributed by atoms with van der Waals surface area (Å²) in [5.74, 6) is -0.766. The fourth-order valence-electron chi connectivity index (χ4n) is 2.67. The highest BCUT2D eigenvalue weighted by Crippen LogP contribution is 2.22. The minimum atomic E-state index is -0.555. The first kappa shape index (κ1) is 17.6. The Kier molecular flexibility index (Phi) is 5.50. The van der Waals surface area contributed by atoms with Gasteiger partial charge in [0.25, 0.3) is 0 Å². The van der Waals surface area contributed by atoms with E-state index in [0.29, 0.717) is 25.2 Å². The first-order chi connectivity index (χ1) is 12.0. The summed E-state index contributed by atoms with van der Waals surface area (Å²) >= 11 is 7.17. The molecule has 1 aliphatic heterocycles. The third kappa shape index (κ3) is 4.26. The van der Waals surface area contributed by atoms with Crippen molar-refractivity contribution in [2.45, 2.75) is 25.4 Å². The number of nitrogens with zero attached hydrogens (tertiary/aromatic N) is 2. The van der Waals surface area contributed by atoms with Gasteiger partial charge in [-0.1, -0.05) is 11.6 Å². The van der Waals surface area contributed by atoms with E-state index in [2.05, 4.69) is 15.6 Å². The van der Waals surface area contributed by atoms with Crippen LogP contribution >= 0.6 is 22.9 Å². The number of hydrogen-bond acceptors (Lipinski definition) is 4. The number of likely N-dealkylation sites (tertiary alicyclic amines) is 1. The Labute approximate surface area is 153 Å². The Balaban J connectivity index is 1.60. The summed E-state index contributed by atoms with van der Waals surface area (Å²) < 4.78 is 13.2. The molecule has 1 aromatic heterocycles. The minimum absolute atomic E-state index is 0.0724. The van der Waals surface area contributed by atoms with Crippen molar-refractivity contribution in [1.82, 2.24) is 15.2 Å². The number of urea groups is 1.